The number of hydrogen-bond donors (Lipinski definition) is 1. The number of rotatable bonds is 5. The number of benzene rings is 1. The van der Waals surface area contributed by atoms with Crippen molar-refractivity contribution in [2.24, 2.45) is 0 Å². The lowest BCUT2D eigenvalue weighted by Crippen LogP contribution is -2.06. The Kier molecular flexibility index (Phi) is 4.70. The van der Waals surface area contributed by atoms with Crippen molar-refractivity contribution in [3.05, 3.63) is 40.6 Å². The fourth-order valence-electron chi connectivity index (χ4n) is 1.98. The van der Waals surface area contributed by atoms with Gasteiger partial charge in [0, 0.05) is 18.3 Å². The number of ether oxygens (including phenoxy) is 1. The summed E-state index contributed by atoms with van der Waals surface area (Å²) < 4.78 is 8.15. The predicted octanol–water partition coefficient (Wildman–Crippen LogP) is 4.41. The van der Waals surface area contributed by atoms with Crippen molar-refractivity contribution in [3.63, 3.8) is 0 Å². The number of hydrogen-bond acceptors (Lipinski definition) is 3. The van der Waals surface area contributed by atoms with E-state index in [9.17, 15) is 0 Å². The summed E-state index contributed by atoms with van der Waals surface area (Å²) in [6.07, 6.45) is 3.88. The Morgan fingerprint density at radius 3 is 2.60 bits per heavy atom. The Balaban J connectivity index is 2.10. The van der Waals surface area contributed by atoms with Gasteiger partial charge >= 0.3 is 0 Å². The molecule has 2 rings (SSSR count). The lowest BCUT2D eigenvalue weighted by Gasteiger charge is -2.15. The Morgan fingerprint density at radius 1 is 1.30 bits per heavy atom. The van der Waals surface area contributed by atoms with Crippen molar-refractivity contribution in [1.29, 1.82) is 0 Å². The average Bonchev–Trinajstić information content (AvgIpc) is 2.87. The zero-order valence-corrected chi connectivity index (χ0v) is 13.8. The fourth-order valence-corrected chi connectivity index (χ4v) is 2.54. The van der Waals surface area contributed by atoms with Gasteiger partial charge < -0.3 is 10.1 Å². The van der Waals surface area contributed by atoms with Crippen molar-refractivity contribution < 1.29 is 4.74 Å². The first-order chi connectivity index (χ1) is 9.51. The summed E-state index contributed by atoms with van der Waals surface area (Å²) in [6, 6.07) is 6.67. The zero-order chi connectivity index (χ0) is 14.7. The molecule has 108 valence electrons. The third-order valence-electron chi connectivity index (χ3n) is 3.19. The normalized spacial score (nSPS) is 12.5. The van der Waals surface area contributed by atoms with Gasteiger partial charge in [0.2, 0.25) is 0 Å². The smallest absolute Gasteiger partial charge is 0.133 e. The van der Waals surface area contributed by atoms with Gasteiger partial charge in [-0.25, -0.2) is 0 Å². The van der Waals surface area contributed by atoms with Crippen LogP contribution >= 0.6 is 15.9 Å². The first-order valence-electron chi connectivity index (χ1n) is 6.65. The molecule has 1 atom stereocenters. The highest BCUT2D eigenvalue weighted by Gasteiger charge is 2.10. The molecule has 0 bridgehead atoms. The topological polar surface area (TPSA) is 39.1 Å². The van der Waals surface area contributed by atoms with Crippen LogP contribution in [-0.2, 0) is 0 Å². The van der Waals surface area contributed by atoms with E-state index < -0.39 is 0 Å². The molecule has 0 saturated heterocycles. The minimum Gasteiger partial charge on any atom is -0.496 e. The van der Waals surface area contributed by atoms with E-state index >= 15 is 0 Å². The lowest BCUT2D eigenvalue weighted by atomic mass is 10.1. The molecule has 0 aliphatic carbocycles. The number of nitrogens with zero attached hydrogens (tertiary/aromatic N) is 2. The van der Waals surface area contributed by atoms with E-state index in [2.05, 4.69) is 59.2 Å². The molecule has 1 aromatic carbocycles. The van der Waals surface area contributed by atoms with Gasteiger partial charge in [0.05, 0.1) is 23.5 Å². The van der Waals surface area contributed by atoms with Crippen LogP contribution in [0.5, 0.6) is 5.75 Å². The van der Waals surface area contributed by atoms with Crippen LogP contribution in [0.3, 0.4) is 0 Å². The number of methoxy groups -OCH3 is 1. The summed E-state index contributed by atoms with van der Waals surface area (Å²) in [5.74, 6) is 0.841. The van der Waals surface area contributed by atoms with E-state index in [4.69, 9.17) is 4.74 Å². The van der Waals surface area contributed by atoms with Crippen LogP contribution in [0.2, 0.25) is 0 Å². The lowest BCUT2D eigenvalue weighted by molar-refractivity contribution is 0.412. The van der Waals surface area contributed by atoms with Crippen LogP contribution in [0, 0.1) is 0 Å². The largest absolute Gasteiger partial charge is 0.496 e. The van der Waals surface area contributed by atoms with E-state index in [1.54, 1.807) is 7.11 Å². The molecule has 5 heteroatoms. The molecule has 2 aromatic rings. The Bertz CT molecular complexity index is 580. The van der Waals surface area contributed by atoms with Crippen molar-refractivity contribution >= 4 is 21.6 Å². The first-order valence-corrected chi connectivity index (χ1v) is 7.44. The minimum absolute atomic E-state index is 0.196. The molecule has 0 amide bonds. The molecular formula is C15H20BrN3O. The molecular weight excluding hydrogens is 318 g/mol. The van der Waals surface area contributed by atoms with E-state index in [-0.39, 0.29) is 6.04 Å². The Hall–Kier alpha value is -1.49. The molecule has 0 aliphatic heterocycles. The van der Waals surface area contributed by atoms with Gasteiger partial charge in [-0.05, 0) is 54.4 Å². The second-order valence-corrected chi connectivity index (χ2v) is 5.92. The van der Waals surface area contributed by atoms with E-state index in [1.807, 2.05) is 23.1 Å². The second-order valence-electron chi connectivity index (χ2n) is 5.06. The van der Waals surface area contributed by atoms with Crippen LogP contribution in [0.4, 0.5) is 5.69 Å². The molecule has 20 heavy (non-hydrogen) atoms. The van der Waals surface area contributed by atoms with Gasteiger partial charge in [0.25, 0.3) is 0 Å². The molecule has 0 aliphatic rings. The maximum atomic E-state index is 5.25. The highest BCUT2D eigenvalue weighted by atomic mass is 79.9. The highest BCUT2D eigenvalue weighted by Crippen LogP contribution is 2.29. The Labute approximate surface area is 128 Å². The quantitative estimate of drug-likeness (QED) is 0.878. The third kappa shape index (κ3) is 3.33. The van der Waals surface area contributed by atoms with Crippen molar-refractivity contribution in [2.75, 3.05) is 12.4 Å². The van der Waals surface area contributed by atoms with Crippen molar-refractivity contribution in [2.45, 2.75) is 32.9 Å². The average molecular weight is 338 g/mol. The number of aromatic nitrogens is 2. The van der Waals surface area contributed by atoms with E-state index in [0.717, 1.165) is 15.9 Å². The van der Waals surface area contributed by atoms with Gasteiger partial charge in [-0.2, -0.15) is 5.10 Å². The molecule has 4 nitrogen and oxygen atoms in total. The fraction of sp³-hybridized carbons (Fsp3) is 0.400. The summed E-state index contributed by atoms with van der Waals surface area (Å²) >= 11 is 3.51. The molecule has 1 heterocycles. The number of halogens is 1. The van der Waals surface area contributed by atoms with E-state index in [0.29, 0.717) is 6.04 Å². The summed E-state index contributed by atoms with van der Waals surface area (Å²) in [5, 5.41) is 7.79. The Morgan fingerprint density at radius 2 is 2.05 bits per heavy atom. The summed E-state index contributed by atoms with van der Waals surface area (Å²) in [4.78, 5) is 0. The molecule has 0 spiro atoms. The van der Waals surface area contributed by atoms with Crippen molar-refractivity contribution in [1.82, 2.24) is 9.78 Å². The molecule has 1 N–H and O–H groups in total. The summed E-state index contributed by atoms with van der Waals surface area (Å²) in [5.41, 5.74) is 2.22. The summed E-state index contributed by atoms with van der Waals surface area (Å²) in [6.45, 7) is 6.35. The van der Waals surface area contributed by atoms with Crippen LogP contribution < -0.4 is 10.1 Å². The number of nitrogens with one attached hydrogen (secondary N) is 1. The highest BCUT2D eigenvalue weighted by molar-refractivity contribution is 9.10. The van der Waals surface area contributed by atoms with Crippen LogP contribution in [0.25, 0.3) is 0 Å². The van der Waals surface area contributed by atoms with Gasteiger partial charge in [0.15, 0.2) is 0 Å². The minimum atomic E-state index is 0.196. The molecule has 1 unspecified atom stereocenters. The number of anilines is 1. The van der Waals surface area contributed by atoms with Gasteiger partial charge in [0.1, 0.15) is 5.75 Å². The zero-order valence-electron chi connectivity index (χ0n) is 12.2. The van der Waals surface area contributed by atoms with Crippen LogP contribution in [0.15, 0.2) is 35.1 Å². The molecule has 0 radical (unpaired) electrons. The third-order valence-corrected chi connectivity index (χ3v) is 3.81. The maximum absolute atomic E-state index is 5.25. The maximum Gasteiger partial charge on any atom is 0.133 e. The van der Waals surface area contributed by atoms with Gasteiger partial charge in [-0.3, -0.25) is 4.68 Å². The first kappa shape index (κ1) is 14.9. The molecule has 0 saturated carbocycles. The molecule has 1 aromatic heterocycles. The van der Waals surface area contributed by atoms with Gasteiger partial charge in [-0.15, -0.1) is 0 Å². The molecule has 0 fully saturated rings. The van der Waals surface area contributed by atoms with Gasteiger partial charge in [-0.1, -0.05) is 6.07 Å². The standard InChI is InChI=1S/C15H20BrN3O/c1-10(2)19-9-13(8-17-19)18-11(3)12-5-6-15(20-4)14(16)7-12/h5-11,18H,1-4H3. The predicted molar refractivity (Wildman–Crippen MR) is 85.3 cm³/mol. The monoisotopic (exact) mass is 337 g/mol. The van der Waals surface area contributed by atoms with Crippen LogP contribution in [0.1, 0.15) is 38.4 Å². The SMILES string of the molecule is COc1ccc(C(C)Nc2cnn(C(C)C)c2)cc1Br. The summed E-state index contributed by atoms with van der Waals surface area (Å²) in [7, 11) is 1.67. The van der Waals surface area contributed by atoms with Crippen LogP contribution in [-0.4, -0.2) is 16.9 Å². The van der Waals surface area contributed by atoms with E-state index in [1.165, 1.54) is 5.56 Å². The van der Waals surface area contributed by atoms with Crippen molar-refractivity contribution in [3.8, 4) is 5.75 Å². The second kappa shape index (κ2) is 6.31.